The molecule has 0 amide bonds. The monoisotopic (exact) mass is 351 g/mol. The Kier molecular flexibility index (Phi) is 3.84. The SMILES string of the molecule is O=C(O)c1sc(Oc2ccc(Br)cc2F)nc1Cl. The molecule has 0 bridgehead atoms. The van der Waals surface area contributed by atoms with Gasteiger partial charge in [0.05, 0.1) is 0 Å². The van der Waals surface area contributed by atoms with E-state index < -0.39 is 11.8 Å². The number of rotatable bonds is 3. The fraction of sp³-hybridized carbons (Fsp3) is 0. The van der Waals surface area contributed by atoms with Crippen molar-refractivity contribution < 1.29 is 19.0 Å². The van der Waals surface area contributed by atoms with Gasteiger partial charge in [-0.05, 0) is 18.2 Å². The van der Waals surface area contributed by atoms with Gasteiger partial charge in [0.15, 0.2) is 21.6 Å². The van der Waals surface area contributed by atoms with Crippen molar-refractivity contribution in [3.63, 3.8) is 0 Å². The van der Waals surface area contributed by atoms with E-state index in [1.807, 2.05) is 0 Å². The maximum Gasteiger partial charge on any atom is 0.349 e. The van der Waals surface area contributed by atoms with Gasteiger partial charge in [0.25, 0.3) is 5.19 Å². The summed E-state index contributed by atoms with van der Waals surface area (Å²) in [6, 6.07) is 4.21. The summed E-state index contributed by atoms with van der Waals surface area (Å²) in [4.78, 5) is 14.3. The van der Waals surface area contributed by atoms with Gasteiger partial charge in [0, 0.05) is 4.47 Å². The minimum Gasteiger partial charge on any atom is -0.477 e. The van der Waals surface area contributed by atoms with Crippen molar-refractivity contribution in [1.29, 1.82) is 0 Å². The number of halogens is 3. The predicted molar refractivity (Wildman–Crippen MR) is 68.3 cm³/mol. The molecule has 0 saturated carbocycles. The van der Waals surface area contributed by atoms with Crippen LogP contribution in [0, 0.1) is 5.82 Å². The Morgan fingerprint density at radius 2 is 2.28 bits per heavy atom. The molecule has 0 saturated heterocycles. The standard InChI is InChI=1S/C10H4BrClFNO3S/c11-4-1-2-6(5(13)3-4)17-10-14-8(12)7(18-10)9(15)16/h1-3H,(H,15,16). The number of carbonyl (C=O) groups is 1. The lowest BCUT2D eigenvalue weighted by molar-refractivity contribution is 0.0702. The molecule has 8 heteroatoms. The van der Waals surface area contributed by atoms with Crippen LogP contribution in [-0.2, 0) is 0 Å². The molecule has 2 rings (SSSR count). The molecule has 1 heterocycles. The third kappa shape index (κ3) is 2.80. The summed E-state index contributed by atoms with van der Waals surface area (Å²) in [5.41, 5.74) is 0. The highest BCUT2D eigenvalue weighted by molar-refractivity contribution is 9.10. The first-order valence-corrected chi connectivity index (χ1v) is 6.48. The van der Waals surface area contributed by atoms with Crippen molar-refractivity contribution in [3.05, 3.63) is 38.5 Å². The Labute approximate surface area is 118 Å². The Bertz CT molecular complexity index is 619. The lowest BCUT2D eigenvalue weighted by atomic mass is 10.3. The first kappa shape index (κ1) is 13.3. The third-order valence-corrected chi connectivity index (χ3v) is 3.65. The van der Waals surface area contributed by atoms with Crippen molar-refractivity contribution in [2.75, 3.05) is 0 Å². The molecule has 1 aromatic carbocycles. The molecule has 4 nitrogen and oxygen atoms in total. The van der Waals surface area contributed by atoms with Gasteiger partial charge in [0.1, 0.15) is 0 Å². The quantitative estimate of drug-likeness (QED) is 0.900. The van der Waals surface area contributed by atoms with Crippen LogP contribution in [0.3, 0.4) is 0 Å². The van der Waals surface area contributed by atoms with Crippen molar-refractivity contribution >= 4 is 44.8 Å². The number of thiazole rings is 1. The molecular weight excluding hydrogens is 349 g/mol. The first-order valence-electron chi connectivity index (χ1n) is 4.50. The van der Waals surface area contributed by atoms with Crippen molar-refractivity contribution in [3.8, 4) is 10.9 Å². The summed E-state index contributed by atoms with van der Waals surface area (Å²) in [5, 5.41) is 8.58. The van der Waals surface area contributed by atoms with Crippen molar-refractivity contribution in [2.24, 2.45) is 0 Å². The van der Waals surface area contributed by atoms with E-state index in [0.717, 1.165) is 11.3 Å². The lowest BCUT2D eigenvalue weighted by Gasteiger charge is -2.02. The van der Waals surface area contributed by atoms with Crippen LogP contribution in [0.2, 0.25) is 5.15 Å². The van der Waals surface area contributed by atoms with E-state index in [4.69, 9.17) is 21.4 Å². The van der Waals surface area contributed by atoms with Gasteiger partial charge in [-0.2, -0.15) is 4.98 Å². The molecule has 18 heavy (non-hydrogen) atoms. The van der Waals surface area contributed by atoms with E-state index in [0.29, 0.717) is 4.47 Å². The van der Waals surface area contributed by atoms with Gasteiger partial charge in [-0.3, -0.25) is 0 Å². The van der Waals surface area contributed by atoms with Gasteiger partial charge >= 0.3 is 5.97 Å². The summed E-state index contributed by atoms with van der Waals surface area (Å²) in [5.74, 6) is -1.85. The average Bonchev–Trinajstić information content (AvgIpc) is 2.64. The smallest absolute Gasteiger partial charge is 0.349 e. The van der Waals surface area contributed by atoms with E-state index in [-0.39, 0.29) is 21.0 Å². The van der Waals surface area contributed by atoms with Crippen molar-refractivity contribution in [1.82, 2.24) is 4.98 Å². The lowest BCUT2D eigenvalue weighted by Crippen LogP contribution is -1.91. The van der Waals surface area contributed by atoms with E-state index in [2.05, 4.69) is 20.9 Å². The van der Waals surface area contributed by atoms with Crippen LogP contribution in [-0.4, -0.2) is 16.1 Å². The van der Waals surface area contributed by atoms with Gasteiger partial charge in [-0.1, -0.05) is 38.9 Å². The van der Waals surface area contributed by atoms with Gasteiger partial charge in [-0.25, -0.2) is 9.18 Å². The summed E-state index contributed by atoms with van der Waals surface area (Å²) in [6.07, 6.45) is 0. The highest BCUT2D eigenvalue weighted by Crippen LogP contribution is 2.33. The van der Waals surface area contributed by atoms with Crippen LogP contribution >= 0.6 is 38.9 Å². The van der Waals surface area contributed by atoms with Crippen LogP contribution in [0.25, 0.3) is 0 Å². The molecule has 1 N–H and O–H groups in total. The topological polar surface area (TPSA) is 59.4 Å². The Morgan fingerprint density at radius 3 is 2.83 bits per heavy atom. The largest absolute Gasteiger partial charge is 0.477 e. The minimum atomic E-state index is -1.20. The molecule has 0 aliphatic carbocycles. The molecule has 0 atom stereocenters. The van der Waals surface area contributed by atoms with Crippen LogP contribution in [0.4, 0.5) is 4.39 Å². The third-order valence-electron chi connectivity index (χ3n) is 1.85. The number of ether oxygens (including phenoxy) is 1. The highest BCUT2D eigenvalue weighted by Gasteiger charge is 2.17. The zero-order chi connectivity index (χ0) is 13.3. The number of benzene rings is 1. The maximum atomic E-state index is 13.5. The molecule has 0 aliphatic heterocycles. The molecule has 94 valence electrons. The second kappa shape index (κ2) is 5.21. The summed E-state index contributed by atoms with van der Waals surface area (Å²) < 4.78 is 19.2. The molecule has 0 radical (unpaired) electrons. The van der Waals surface area contributed by atoms with Gasteiger partial charge < -0.3 is 9.84 Å². The normalized spacial score (nSPS) is 10.4. The Hall–Kier alpha value is -1.18. The van der Waals surface area contributed by atoms with Crippen molar-refractivity contribution in [2.45, 2.75) is 0 Å². The second-order valence-corrected chi connectivity index (χ2v) is 5.32. The number of aromatic nitrogens is 1. The number of aromatic carboxylic acids is 1. The summed E-state index contributed by atoms with van der Waals surface area (Å²) in [6.45, 7) is 0. The highest BCUT2D eigenvalue weighted by atomic mass is 79.9. The van der Waals surface area contributed by atoms with E-state index in [1.165, 1.54) is 12.1 Å². The molecule has 0 unspecified atom stereocenters. The molecule has 2 aromatic rings. The average molecular weight is 353 g/mol. The maximum absolute atomic E-state index is 13.5. The fourth-order valence-corrected chi connectivity index (χ4v) is 2.43. The van der Waals surface area contributed by atoms with Crippen LogP contribution in [0.1, 0.15) is 9.67 Å². The number of nitrogens with zero attached hydrogens (tertiary/aromatic N) is 1. The zero-order valence-corrected chi connectivity index (χ0v) is 11.6. The number of carboxylic acids is 1. The zero-order valence-electron chi connectivity index (χ0n) is 8.49. The Balaban J connectivity index is 2.29. The van der Waals surface area contributed by atoms with Crippen LogP contribution in [0.15, 0.2) is 22.7 Å². The molecule has 0 spiro atoms. The molecule has 0 aliphatic rings. The fourth-order valence-electron chi connectivity index (χ4n) is 1.11. The Morgan fingerprint density at radius 1 is 1.56 bits per heavy atom. The van der Waals surface area contributed by atoms with E-state index in [9.17, 15) is 9.18 Å². The molecule has 1 aromatic heterocycles. The van der Waals surface area contributed by atoms with Crippen LogP contribution < -0.4 is 4.74 Å². The number of hydrogen-bond acceptors (Lipinski definition) is 4. The number of hydrogen-bond donors (Lipinski definition) is 1. The summed E-state index contributed by atoms with van der Waals surface area (Å²) in [7, 11) is 0. The molecular formula is C10H4BrClFNO3S. The van der Waals surface area contributed by atoms with E-state index in [1.54, 1.807) is 6.07 Å². The first-order chi connectivity index (χ1) is 8.47. The van der Waals surface area contributed by atoms with E-state index >= 15 is 0 Å². The van der Waals surface area contributed by atoms with Crippen LogP contribution in [0.5, 0.6) is 10.9 Å². The van der Waals surface area contributed by atoms with Gasteiger partial charge in [0.2, 0.25) is 0 Å². The summed E-state index contributed by atoms with van der Waals surface area (Å²) >= 11 is 9.45. The minimum absolute atomic E-state index is 0.0291. The molecule has 0 fully saturated rings. The predicted octanol–water partition coefficient (Wildman–Crippen LogP) is 4.19. The van der Waals surface area contributed by atoms with Gasteiger partial charge in [-0.15, -0.1) is 0 Å². The number of carboxylic acid groups (broad SMARTS) is 1. The second-order valence-electron chi connectivity index (χ2n) is 3.08.